The van der Waals surface area contributed by atoms with E-state index in [9.17, 15) is 4.79 Å². The van der Waals surface area contributed by atoms with E-state index < -0.39 is 4.33 Å². The van der Waals surface area contributed by atoms with Crippen molar-refractivity contribution in [2.24, 2.45) is 11.8 Å². The summed E-state index contributed by atoms with van der Waals surface area (Å²) in [6.07, 6.45) is 3.92. The van der Waals surface area contributed by atoms with Gasteiger partial charge in [0.05, 0.1) is 0 Å². The van der Waals surface area contributed by atoms with E-state index in [0.717, 1.165) is 6.29 Å². The van der Waals surface area contributed by atoms with Crippen LogP contribution in [-0.2, 0) is 4.79 Å². The minimum Gasteiger partial charge on any atom is -0.299 e. The zero-order chi connectivity index (χ0) is 7.78. The van der Waals surface area contributed by atoms with E-state index in [1.54, 1.807) is 6.08 Å². The Bertz CT molecular complexity index is 174. The Hall–Kier alpha value is -0.0100. The molecule has 1 rings (SSSR count). The number of rotatable bonds is 2. The lowest BCUT2D eigenvalue weighted by Crippen LogP contribution is -1.86. The Labute approximate surface area is 70.0 Å². The van der Waals surface area contributed by atoms with Gasteiger partial charge in [-0.15, -0.1) is 23.2 Å². The van der Waals surface area contributed by atoms with Gasteiger partial charge < -0.3 is 0 Å². The van der Waals surface area contributed by atoms with Crippen LogP contribution in [0.15, 0.2) is 12.2 Å². The number of hydrogen-bond acceptors (Lipinski definition) is 1. The monoisotopic (exact) mass is 178 g/mol. The third kappa shape index (κ3) is 1.21. The van der Waals surface area contributed by atoms with Crippen LogP contribution in [0, 0.1) is 11.8 Å². The van der Waals surface area contributed by atoms with E-state index in [1.807, 2.05) is 6.92 Å². The van der Waals surface area contributed by atoms with E-state index in [1.165, 1.54) is 6.08 Å². The lowest BCUT2D eigenvalue weighted by molar-refractivity contribution is -0.104. The molecule has 10 heavy (non-hydrogen) atoms. The van der Waals surface area contributed by atoms with Crippen LogP contribution in [0.4, 0.5) is 0 Å². The zero-order valence-corrected chi connectivity index (χ0v) is 7.06. The minimum absolute atomic E-state index is 0.154. The molecule has 0 spiro atoms. The number of alkyl halides is 2. The summed E-state index contributed by atoms with van der Waals surface area (Å²) in [7, 11) is 0. The van der Waals surface area contributed by atoms with Crippen LogP contribution in [0.3, 0.4) is 0 Å². The zero-order valence-electron chi connectivity index (χ0n) is 5.55. The topological polar surface area (TPSA) is 17.1 Å². The molecule has 0 bridgehead atoms. The second-order valence-electron chi connectivity index (χ2n) is 2.51. The van der Waals surface area contributed by atoms with Crippen molar-refractivity contribution in [3.63, 3.8) is 0 Å². The third-order valence-electron chi connectivity index (χ3n) is 1.88. The van der Waals surface area contributed by atoms with E-state index in [4.69, 9.17) is 23.2 Å². The molecule has 0 N–H and O–H groups in total. The van der Waals surface area contributed by atoms with Crippen LogP contribution < -0.4 is 0 Å². The fraction of sp³-hybridized carbons (Fsp3) is 0.571. The normalized spacial score (nSPS) is 36.3. The summed E-state index contributed by atoms with van der Waals surface area (Å²) in [4.78, 5) is 9.88. The Morgan fingerprint density at radius 1 is 1.50 bits per heavy atom. The van der Waals surface area contributed by atoms with E-state index >= 15 is 0 Å². The molecule has 1 aliphatic carbocycles. The quantitative estimate of drug-likeness (QED) is 0.360. The Balaban J connectivity index is 2.49. The molecular weight excluding hydrogens is 171 g/mol. The number of aldehydes is 1. The van der Waals surface area contributed by atoms with Crippen LogP contribution in [-0.4, -0.2) is 10.6 Å². The summed E-state index contributed by atoms with van der Waals surface area (Å²) < 4.78 is -0.625. The SMILES string of the molecule is CC1C(/C=C/C=O)C1(Cl)Cl. The van der Waals surface area contributed by atoms with Crippen molar-refractivity contribution in [3.8, 4) is 0 Å². The second kappa shape index (κ2) is 2.55. The highest BCUT2D eigenvalue weighted by Gasteiger charge is 2.58. The highest BCUT2D eigenvalue weighted by molar-refractivity contribution is 6.51. The van der Waals surface area contributed by atoms with Crippen molar-refractivity contribution < 1.29 is 4.79 Å². The number of carbonyl (C=O) groups excluding carboxylic acids is 1. The van der Waals surface area contributed by atoms with Gasteiger partial charge in [-0.3, -0.25) is 4.79 Å². The molecule has 0 heterocycles. The van der Waals surface area contributed by atoms with Crippen LogP contribution in [0.5, 0.6) is 0 Å². The van der Waals surface area contributed by atoms with Gasteiger partial charge in [0.25, 0.3) is 0 Å². The Morgan fingerprint density at radius 3 is 2.30 bits per heavy atom. The Morgan fingerprint density at radius 2 is 2.00 bits per heavy atom. The lowest BCUT2D eigenvalue weighted by atomic mass is 10.3. The fourth-order valence-electron chi connectivity index (χ4n) is 0.970. The van der Waals surface area contributed by atoms with E-state index in [0.29, 0.717) is 0 Å². The smallest absolute Gasteiger partial charge is 0.142 e. The third-order valence-corrected chi connectivity index (χ3v) is 3.07. The standard InChI is InChI=1S/C7H8Cl2O/c1-5-6(3-2-4-10)7(5,8)9/h2-6H,1H3/b3-2+. The van der Waals surface area contributed by atoms with Crippen LogP contribution in [0.2, 0.25) is 0 Å². The molecule has 3 heteroatoms. The molecule has 0 amide bonds. The predicted molar refractivity (Wildman–Crippen MR) is 42.3 cm³/mol. The molecule has 0 aromatic carbocycles. The first-order chi connectivity index (χ1) is 4.60. The first-order valence-electron chi connectivity index (χ1n) is 3.10. The van der Waals surface area contributed by atoms with Gasteiger partial charge in [0.2, 0.25) is 0 Å². The number of allylic oxidation sites excluding steroid dienone is 2. The van der Waals surface area contributed by atoms with Crippen LogP contribution in [0.25, 0.3) is 0 Å². The van der Waals surface area contributed by atoms with Gasteiger partial charge in [-0.2, -0.15) is 0 Å². The molecule has 2 atom stereocenters. The number of hydrogen-bond donors (Lipinski definition) is 0. The van der Waals surface area contributed by atoms with Crippen LogP contribution >= 0.6 is 23.2 Å². The molecule has 1 aliphatic rings. The molecule has 56 valence electrons. The molecule has 2 unspecified atom stereocenters. The van der Waals surface area contributed by atoms with E-state index in [2.05, 4.69) is 0 Å². The highest BCUT2D eigenvalue weighted by atomic mass is 35.5. The second-order valence-corrected chi connectivity index (χ2v) is 3.95. The molecule has 0 saturated heterocycles. The predicted octanol–water partition coefficient (Wildman–Crippen LogP) is 2.18. The van der Waals surface area contributed by atoms with Gasteiger partial charge in [-0.25, -0.2) is 0 Å². The largest absolute Gasteiger partial charge is 0.299 e. The van der Waals surface area contributed by atoms with Crippen molar-refractivity contribution in [2.75, 3.05) is 0 Å². The molecule has 0 radical (unpaired) electrons. The average Bonchev–Trinajstić information content (AvgIpc) is 2.31. The summed E-state index contributed by atoms with van der Waals surface area (Å²) in [5.41, 5.74) is 0. The molecule has 1 saturated carbocycles. The summed E-state index contributed by atoms with van der Waals surface area (Å²) >= 11 is 11.6. The molecule has 0 aromatic heterocycles. The van der Waals surface area contributed by atoms with Crippen molar-refractivity contribution in [3.05, 3.63) is 12.2 Å². The summed E-state index contributed by atoms with van der Waals surface area (Å²) in [5.74, 6) is 0.424. The van der Waals surface area contributed by atoms with Gasteiger partial charge in [-0.1, -0.05) is 13.0 Å². The maximum Gasteiger partial charge on any atom is 0.142 e. The number of halogens is 2. The maximum absolute atomic E-state index is 9.88. The highest BCUT2D eigenvalue weighted by Crippen LogP contribution is 2.59. The van der Waals surface area contributed by atoms with Gasteiger partial charge >= 0.3 is 0 Å². The summed E-state index contributed by atoms with van der Waals surface area (Å²) in [6, 6.07) is 0. The van der Waals surface area contributed by atoms with Crippen molar-refractivity contribution in [2.45, 2.75) is 11.3 Å². The van der Waals surface area contributed by atoms with Gasteiger partial charge in [0.1, 0.15) is 10.6 Å². The van der Waals surface area contributed by atoms with Crippen molar-refractivity contribution in [1.82, 2.24) is 0 Å². The Kier molecular flexibility index (Phi) is 2.07. The first-order valence-corrected chi connectivity index (χ1v) is 3.86. The summed E-state index contributed by atoms with van der Waals surface area (Å²) in [6.45, 7) is 1.96. The fourth-order valence-corrected chi connectivity index (χ4v) is 1.64. The van der Waals surface area contributed by atoms with Crippen LogP contribution in [0.1, 0.15) is 6.92 Å². The maximum atomic E-state index is 9.88. The summed E-state index contributed by atoms with van der Waals surface area (Å²) in [5, 5.41) is 0. The molecule has 1 nitrogen and oxygen atoms in total. The lowest BCUT2D eigenvalue weighted by Gasteiger charge is -1.88. The molecule has 1 fully saturated rings. The van der Waals surface area contributed by atoms with Crippen molar-refractivity contribution in [1.29, 1.82) is 0 Å². The number of carbonyl (C=O) groups is 1. The minimum atomic E-state index is -0.625. The first kappa shape index (κ1) is 8.09. The molecule has 0 aliphatic heterocycles. The van der Waals surface area contributed by atoms with Gasteiger partial charge in [0.15, 0.2) is 0 Å². The molecule has 0 aromatic rings. The van der Waals surface area contributed by atoms with Crippen molar-refractivity contribution >= 4 is 29.5 Å². The van der Waals surface area contributed by atoms with Gasteiger partial charge in [0, 0.05) is 5.92 Å². The van der Waals surface area contributed by atoms with Gasteiger partial charge in [-0.05, 0) is 12.0 Å². The van der Waals surface area contributed by atoms with E-state index in [-0.39, 0.29) is 11.8 Å². The average molecular weight is 179 g/mol. The molecular formula is C7H8Cl2O.